The molecular formula is C16H26N2O. The third kappa shape index (κ3) is 3.35. The van der Waals surface area contributed by atoms with E-state index >= 15 is 0 Å². The van der Waals surface area contributed by atoms with Crippen LogP contribution in [0.2, 0.25) is 0 Å². The molecule has 19 heavy (non-hydrogen) atoms. The van der Waals surface area contributed by atoms with E-state index in [2.05, 4.69) is 36.9 Å². The molecule has 106 valence electrons. The Morgan fingerprint density at radius 1 is 1.42 bits per heavy atom. The van der Waals surface area contributed by atoms with Crippen molar-refractivity contribution in [2.45, 2.75) is 38.8 Å². The zero-order valence-electron chi connectivity index (χ0n) is 12.4. The molecular weight excluding hydrogens is 236 g/mol. The van der Waals surface area contributed by atoms with Crippen molar-refractivity contribution in [1.82, 2.24) is 4.90 Å². The molecule has 0 aromatic heterocycles. The van der Waals surface area contributed by atoms with Crippen LogP contribution in [-0.2, 0) is 4.74 Å². The topological polar surface area (TPSA) is 38.5 Å². The van der Waals surface area contributed by atoms with Crippen LogP contribution < -0.4 is 5.73 Å². The fourth-order valence-electron chi connectivity index (χ4n) is 3.11. The summed E-state index contributed by atoms with van der Waals surface area (Å²) in [6, 6.07) is 6.98. The van der Waals surface area contributed by atoms with Crippen molar-refractivity contribution in [1.29, 1.82) is 0 Å². The van der Waals surface area contributed by atoms with Gasteiger partial charge in [-0.05, 0) is 44.4 Å². The van der Waals surface area contributed by atoms with Crippen LogP contribution >= 0.6 is 0 Å². The maximum Gasteiger partial charge on any atom is 0.0698 e. The van der Waals surface area contributed by atoms with Crippen molar-refractivity contribution in [3.63, 3.8) is 0 Å². The van der Waals surface area contributed by atoms with Gasteiger partial charge in [-0.1, -0.05) is 23.8 Å². The van der Waals surface area contributed by atoms with E-state index in [1.54, 1.807) is 0 Å². The molecule has 0 spiro atoms. The average molecular weight is 262 g/mol. The zero-order chi connectivity index (χ0) is 13.8. The summed E-state index contributed by atoms with van der Waals surface area (Å²) in [5, 5.41) is 0. The quantitative estimate of drug-likeness (QED) is 0.905. The molecule has 2 atom stereocenters. The van der Waals surface area contributed by atoms with E-state index in [9.17, 15) is 0 Å². The Labute approximate surface area is 116 Å². The highest BCUT2D eigenvalue weighted by molar-refractivity contribution is 5.33. The van der Waals surface area contributed by atoms with Crippen molar-refractivity contribution in [2.24, 2.45) is 5.73 Å². The Morgan fingerprint density at radius 2 is 2.21 bits per heavy atom. The van der Waals surface area contributed by atoms with Crippen molar-refractivity contribution >= 4 is 0 Å². The number of ether oxygens (including phenoxy) is 1. The highest BCUT2D eigenvalue weighted by Crippen LogP contribution is 2.27. The molecule has 1 fully saturated rings. The molecule has 1 aromatic rings. The van der Waals surface area contributed by atoms with Gasteiger partial charge in [0.15, 0.2) is 0 Å². The summed E-state index contributed by atoms with van der Waals surface area (Å²) in [7, 11) is 1.81. The molecule has 0 amide bonds. The van der Waals surface area contributed by atoms with E-state index in [1.165, 1.54) is 23.1 Å². The minimum absolute atomic E-state index is 0.318. The van der Waals surface area contributed by atoms with E-state index in [-0.39, 0.29) is 0 Å². The molecule has 0 bridgehead atoms. The van der Waals surface area contributed by atoms with Crippen LogP contribution in [0.4, 0.5) is 0 Å². The summed E-state index contributed by atoms with van der Waals surface area (Å²) >= 11 is 0. The number of piperidine rings is 1. The highest BCUT2D eigenvalue weighted by atomic mass is 16.5. The number of aryl methyl sites for hydroxylation is 2. The van der Waals surface area contributed by atoms with Crippen LogP contribution in [0.15, 0.2) is 18.2 Å². The normalized spacial score (nSPS) is 22.4. The van der Waals surface area contributed by atoms with Gasteiger partial charge in [-0.15, -0.1) is 0 Å². The van der Waals surface area contributed by atoms with Gasteiger partial charge in [0.25, 0.3) is 0 Å². The molecule has 0 saturated carbocycles. The smallest absolute Gasteiger partial charge is 0.0698 e. The van der Waals surface area contributed by atoms with Crippen molar-refractivity contribution < 1.29 is 4.74 Å². The predicted octanol–water partition coefficient (Wildman–Crippen LogP) is 2.41. The van der Waals surface area contributed by atoms with E-state index in [0.29, 0.717) is 18.7 Å². The lowest BCUT2D eigenvalue weighted by Crippen LogP contribution is -2.43. The first kappa shape index (κ1) is 14.5. The molecule has 0 aliphatic carbocycles. The molecule has 2 rings (SSSR count). The van der Waals surface area contributed by atoms with Gasteiger partial charge in [-0.2, -0.15) is 0 Å². The Balaban J connectivity index is 2.19. The van der Waals surface area contributed by atoms with Gasteiger partial charge in [0, 0.05) is 26.2 Å². The Bertz CT molecular complexity index is 419. The zero-order valence-corrected chi connectivity index (χ0v) is 12.4. The highest BCUT2D eigenvalue weighted by Gasteiger charge is 2.26. The molecule has 3 heteroatoms. The fourth-order valence-corrected chi connectivity index (χ4v) is 3.11. The monoisotopic (exact) mass is 262 g/mol. The minimum Gasteiger partial charge on any atom is -0.380 e. The number of likely N-dealkylation sites (tertiary alicyclic amines) is 1. The third-order valence-electron chi connectivity index (χ3n) is 4.19. The fraction of sp³-hybridized carbons (Fsp3) is 0.625. The number of rotatable bonds is 4. The maximum atomic E-state index is 6.05. The van der Waals surface area contributed by atoms with Gasteiger partial charge >= 0.3 is 0 Å². The van der Waals surface area contributed by atoms with Crippen molar-refractivity contribution in [2.75, 3.05) is 26.7 Å². The van der Waals surface area contributed by atoms with Crippen LogP contribution in [0.5, 0.6) is 0 Å². The standard InChI is InChI=1S/C16H26N2O/c1-12-6-7-15(13(2)9-12)16(10-17)18-8-4-5-14(11-18)19-3/h6-7,9,14,16H,4-5,8,10-11,17H2,1-3H3. The first-order valence-electron chi connectivity index (χ1n) is 7.19. The minimum atomic E-state index is 0.318. The number of methoxy groups -OCH3 is 1. The van der Waals surface area contributed by atoms with Gasteiger partial charge in [-0.25, -0.2) is 0 Å². The lowest BCUT2D eigenvalue weighted by Gasteiger charge is -2.38. The van der Waals surface area contributed by atoms with E-state index in [1.807, 2.05) is 7.11 Å². The summed E-state index contributed by atoms with van der Waals surface area (Å²) in [6.45, 7) is 7.10. The molecule has 1 aliphatic heterocycles. The summed E-state index contributed by atoms with van der Waals surface area (Å²) in [6.07, 6.45) is 2.71. The average Bonchev–Trinajstić information content (AvgIpc) is 2.42. The third-order valence-corrected chi connectivity index (χ3v) is 4.19. The molecule has 2 unspecified atom stereocenters. The van der Waals surface area contributed by atoms with Gasteiger partial charge < -0.3 is 10.5 Å². The lowest BCUT2D eigenvalue weighted by atomic mass is 9.96. The van der Waals surface area contributed by atoms with Crippen LogP contribution in [0, 0.1) is 13.8 Å². The summed E-state index contributed by atoms with van der Waals surface area (Å²) in [4.78, 5) is 2.48. The van der Waals surface area contributed by atoms with Crippen LogP contribution in [0.25, 0.3) is 0 Å². The van der Waals surface area contributed by atoms with Crippen molar-refractivity contribution in [3.8, 4) is 0 Å². The van der Waals surface area contributed by atoms with Crippen molar-refractivity contribution in [3.05, 3.63) is 34.9 Å². The molecule has 2 N–H and O–H groups in total. The molecule has 1 aromatic carbocycles. The lowest BCUT2D eigenvalue weighted by molar-refractivity contribution is 0.0154. The number of hydrogen-bond acceptors (Lipinski definition) is 3. The van der Waals surface area contributed by atoms with Gasteiger partial charge in [0.2, 0.25) is 0 Å². The number of hydrogen-bond donors (Lipinski definition) is 1. The second kappa shape index (κ2) is 6.51. The Kier molecular flexibility index (Phi) is 4.97. The van der Waals surface area contributed by atoms with Gasteiger partial charge in [0.1, 0.15) is 0 Å². The SMILES string of the molecule is COC1CCCN(C(CN)c2ccc(C)cc2C)C1. The number of nitrogens with two attached hydrogens (primary N) is 1. The van der Waals surface area contributed by atoms with Gasteiger partial charge in [-0.3, -0.25) is 4.90 Å². The maximum absolute atomic E-state index is 6.05. The molecule has 1 saturated heterocycles. The Hall–Kier alpha value is -0.900. The first-order chi connectivity index (χ1) is 9.15. The van der Waals surface area contributed by atoms with Crippen LogP contribution in [0.3, 0.4) is 0 Å². The first-order valence-corrected chi connectivity index (χ1v) is 7.19. The predicted molar refractivity (Wildman–Crippen MR) is 79.3 cm³/mol. The van der Waals surface area contributed by atoms with Gasteiger partial charge in [0.05, 0.1) is 6.10 Å². The second-order valence-corrected chi connectivity index (χ2v) is 5.61. The molecule has 1 heterocycles. The Morgan fingerprint density at radius 3 is 2.84 bits per heavy atom. The molecule has 1 aliphatic rings. The number of benzene rings is 1. The molecule has 3 nitrogen and oxygen atoms in total. The largest absolute Gasteiger partial charge is 0.380 e. The van der Waals surface area contributed by atoms with E-state index < -0.39 is 0 Å². The van der Waals surface area contributed by atoms with E-state index in [4.69, 9.17) is 10.5 Å². The van der Waals surface area contributed by atoms with E-state index in [0.717, 1.165) is 19.5 Å². The number of nitrogens with zero attached hydrogens (tertiary/aromatic N) is 1. The summed E-state index contributed by atoms with van der Waals surface area (Å²) < 4.78 is 5.52. The van der Waals surface area contributed by atoms with Crippen LogP contribution in [-0.4, -0.2) is 37.7 Å². The molecule has 0 radical (unpaired) electrons. The second-order valence-electron chi connectivity index (χ2n) is 5.61. The van der Waals surface area contributed by atoms with Crippen LogP contribution in [0.1, 0.15) is 35.6 Å². The summed E-state index contributed by atoms with van der Waals surface area (Å²) in [5.41, 5.74) is 10.1. The summed E-state index contributed by atoms with van der Waals surface area (Å²) in [5.74, 6) is 0.